The van der Waals surface area contributed by atoms with Crippen LogP contribution in [0.3, 0.4) is 0 Å². The van der Waals surface area contributed by atoms with E-state index in [4.69, 9.17) is 0 Å². The number of benzene rings is 1. The largest absolute Gasteiger partial charge is 0.333 e. The molecule has 0 N–H and O–H groups in total. The summed E-state index contributed by atoms with van der Waals surface area (Å²) < 4.78 is 0. The number of fused-ring (bicyclic) bond motifs is 1. The maximum absolute atomic E-state index is 13.5. The quantitative estimate of drug-likeness (QED) is 0.621. The van der Waals surface area contributed by atoms with Gasteiger partial charge in [-0.3, -0.25) is 9.59 Å². The predicted molar refractivity (Wildman–Crippen MR) is 124 cm³/mol. The average Bonchev–Trinajstić information content (AvgIpc) is 3.15. The minimum atomic E-state index is -0.0748. The average molecular weight is 427 g/mol. The molecule has 0 radical (unpaired) electrons. The standard InChI is InChI=1S/C25H34N2O2S/c1-17(2)14-23(28)26(15-18(3)4)16-24(29)27-12-10-22-21(11-13-30-22)25(27)20-8-6-19(5)7-9-20/h6-9,11,13,17-18,25H,10,12,14-16H2,1-5H3. The zero-order chi connectivity index (χ0) is 21.8. The van der Waals surface area contributed by atoms with Crippen LogP contribution < -0.4 is 0 Å². The second-order valence-corrected chi connectivity index (χ2v) is 10.2. The van der Waals surface area contributed by atoms with Crippen LogP contribution >= 0.6 is 11.3 Å². The highest BCUT2D eigenvalue weighted by Gasteiger charge is 2.34. The molecule has 0 spiro atoms. The second kappa shape index (κ2) is 9.78. The fourth-order valence-corrected chi connectivity index (χ4v) is 5.02. The molecule has 30 heavy (non-hydrogen) atoms. The smallest absolute Gasteiger partial charge is 0.242 e. The van der Waals surface area contributed by atoms with Gasteiger partial charge >= 0.3 is 0 Å². The van der Waals surface area contributed by atoms with Crippen LogP contribution in [-0.2, 0) is 16.0 Å². The van der Waals surface area contributed by atoms with E-state index in [9.17, 15) is 9.59 Å². The summed E-state index contributed by atoms with van der Waals surface area (Å²) in [4.78, 5) is 31.4. The molecule has 1 aromatic carbocycles. The highest BCUT2D eigenvalue weighted by molar-refractivity contribution is 7.10. The minimum Gasteiger partial charge on any atom is -0.333 e. The van der Waals surface area contributed by atoms with E-state index in [-0.39, 0.29) is 30.3 Å². The zero-order valence-corrected chi connectivity index (χ0v) is 19.7. The lowest BCUT2D eigenvalue weighted by Gasteiger charge is -2.38. The van der Waals surface area contributed by atoms with Crippen molar-refractivity contribution in [3.8, 4) is 0 Å². The van der Waals surface area contributed by atoms with E-state index in [2.05, 4.69) is 56.5 Å². The summed E-state index contributed by atoms with van der Waals surface area (Å²) in [6.45, 7) is 11.8. The van der Waals surface area contributed by atoms with Crippen molar-refractivity contribution in [1.82, 2.24) is 9.80 Å². The molecule has 0 fully saturated rings. The third-order valence-corrected chi connectivity index (χ3v) is 6.52. The summed E-state index contributed by atoms with van der Waals surface area (Å²) in [6.07, 6.45) is 1.36. The van der Waals surface area contributed by atoms with E-state index < -0.39 is 0 Å². The third kappa shape index (κ3) is 5.31. The molecule has 1 aromatic heterocycles. The lowest BCUT2D eigenvalue weighted by Crippen LogP contribution is -2.47. The molecule has 3 rings (SSSR count). The van der Waals surface area contributed by atoms with Crippen LogP contribution in [0.15, 0.2) is 35.7 Å². The maximum Gasteiger partial charge on any atom is 0.242 e. The minimum absolute atomic E-state index is 0.0372. The topological polar surface area (TPSA) is 40.6 Å². The fourth-order valence-electron chi connectivity index (χ4n) is 4.12. The van der Waals surface area contributed by atoms with Crippen molar-refractivity contribution in [3.05, 3.63) is 57.3 Å². The highest BCUT2D eigenvalue weighted by Crippen LogP contribution is 2.38. The molecule has 0 saturated heterocycles. The van der Waals surface area contributed by atoms with Crippen LogP contribution in [0.5, 0.6) is 0 Å². The van der Waals surface area contributed by atoms with E-state index in [0.717, 1.165) is 12.0 Å². The Morgan fingerprint density at radius 2 is 1.80 bits per heavy atom. The van der Waals surface area contributed by atoms with Crippen LogP contribution in [0.25, 0.3) is 0 Å². The van der Waals surface area contributed by atoms with E-state index in [0.29, 0.717) is 25.4 Å². The number of nitrogens with zero attached hydrogens (tertiary/aromatic N) is 2. The molecule has 0 aliphatic carbocycles. The van der Waals surface area contributed by atoms with Crippen LogP contribution in [0.2, 0.25) is 0 Å². The zero-order valence-electron chi connectivity index (χ0n) is 18.9. The summed E-state index contributed by atoms with van der Waals surface area (Å²) in [5.74, 6) is 0.722. The number of carbonyl (C=O) groups excluding carboxylic acids is 2. The van der Waals surface area contributed by atoms with E-state index >= 15 is 0 Å². The van der Waals surface area contributed by atoms with Gasteiger partial charge in [0.15, 0.2) is 0 Å². The van der Waals surface area contributed by atoms with Gasteiger partial charge in [0.25, 0.3) is 0 Å². The second-order valence-electron chi connectivity index (χ2n) is 9.22. The van der Waals surface area contributed by atoms with Crippen molar-refractivity contribution in [3.63, 3.8) is 0 Å². The molecule has 0 bridgehead atoms. The first kappa shape index (κ1) is 22.5. The summed E-state index contributed by atoms with van der Waals surface area (Å²) in [5.41, 5.74) is 3.57. The molecule has 0 saturated carbocycles. The van der Waals surface area contributed by atoms with Gasteiger partial charge in [0, 0.05) is 24.4 Å². The number of rotatable bonds is 7. The molecule has 1 aliphatic heterocycles. The van der Waals surface area contributed by atoms with E-state index in [1.54, 1.807) is 16.2 Å². The van der Waals surface area contributed by atoms with Gasteiger partial charge in [0.2, 0.25) is 11.8 Å². The molecule has 2 amide bonds. The van der Waals surface area contributed by atoms with Gasteiger partial charge in [-0.2, -0.15) is 0 Å². The molecule has 4 nitrogen and oxygen atoms in total. The van der Waals surface area contributed by atoms with Crippen molar-refractivity contribution in [2.45, 2.75) is 53.5 Å². The van der Waals surface area contributed by atoms with E-state index in [1.807, 2.05) is 18.7 Å². The van der Waals surface area contributed by atoms with Gasteiger partial charge in [0.1, 0.15) is 0 Å². The first-order chi connectivity index (χ1) is 14.3. The number of thiophene rings is 1. The Balaban J connectivity index is 1.86. The van der Waals surface area contributed by atoms with Crippen LogP contribution in [-0.4, -0.2) is 41.2 Å². The van der Waals surface area contributed by atoms with E-state index in [1.165, 1.54) is 16.0 Å². The SMILES string of the molecule is Cc1ccc(C2c3ccsc3CCN2C(=O)CN(CC(C)C)C(=O)CC(C)C)cc1. The van der Waals surface area contributed by atoms with Gasteiger partial charge in [-0.05, 0) is 47.8 Å². The van der Waals surface area contributed by atoms with Gasteiger partial charge in [0.05, 0.1) is 12.6 Å². The summed E-state index contributed by atoms with van der Waals surface area (Å²) in [5, 5.41) is 2.12. The van der Waals surface area contributed by atoms with Crippen molar-refractivity contribution in [1.29, 1.82) is 0 Å². The first-order valence-electron chi connectivity index (χ1n) is 11.0. The monoisotopic (exact) mass is 426 g/mol. The number of hydrogen-bond acceptors (Lipinski definition) is 3. The van der Waals surface area contributed by atoms with Crippen molar-refractivity contribution < 1.29 is 9.59 Å². The highest BCUT2D eigenvalue weighted by atomic mass is 32.1. The first-order valence-corrected chi connectivity index (χ1v) is 11.8. The Morgan fingerprint density at radius 1 is 1.10 bits per heavy atom. The fraction of sp³-hybridized carbons (Fsp3) is 0.520. The van der Waals surface area contributed by atoms with Crippen molar-refractivity contribution >= 4 is 23.2 Å². The van der Waals surface area contributed by atoms with Gasteiger partial charge in [-0.25, -0.2) is 0 Å². The number of aryl methyl sites for hydroxylation is 1. The van der Waals surface area contributed by atoms with Crippen LogP contribution in [0.1, 0.15) is 61.7 Å². The molecule has 1 unspecified atom stereocenters. The molecule has 5 heteroatoms. The Kier molecular flexibility index (Phi) is 7.35. The number of hydrogen-bond donors (Lipinski definition) is 0. The Labute approximate surface area is 184 Å². The maximum atomic E-state index is 13.5. The normalized spacial score (nSPS) is 16.1. The lowest BCUT2D eigenvalue weighted by molar-refractivity contribution is -0.142. The van der Waals surface area contributed by atoms with Crippen molar-refractivity contribution in [2.24, 2.45) is 11.8 Å². The molecular formula is C25H34N2O2S. The Bertz CT molecular complexity index is 870. The summed E-state index contributed by atoms with van der Waals surface area (Å²) >= 11 is 1.77. The van der Waals surface area contributed by atoms with Gasteiger partial charge in [-0.15, -0.1) is 11.3 Å². The summed E-state index contributed by atoms with van der Waals surface area (Å²) in [7, 11) is 0. The van der Waals surface area contributed by atoms with Crippen molar-refractivity contribution in [2.75, 3.05) is 19.6 Å². The molecular weight excluding hydrogens is 392 g/mol. The Morgan fingerprint density at radius 3 is 2.43 bits per heavy atom. The lowest BCUT2D eigenvalue weighted by atomic mass is 9.92. The molecule has 1 atom stereocenters. The van der Waals surface area contributed by atoms with Gasteiger partial charge in [-0.1, -0.05) is 57.5 Å². The summed E-state index contributed by atoms with van der Waals surface area (Å²) in [6, 6.07) is 10.5. The van der Waals surface area contributed by atoms with Crippen LogP contribution in [0, 0.1) is 18.8 Å². The number of carbonyl (C=O) groups is 2. The third-order valence-electron chi connectivity index (χ3n) is 5.53. The van der Waals surface area contributed by atoms with Crippen LogP contribution in [0.4, 0.5) is 0 Å². The molecule has 2 heterocycles. The molecule has 2 aromatic rings. The Hall–Kier alpha value is -2.14. The predicted octanol–water partition coefficient (Wildman–Crippen LogP) is 5.06. The molecule has 1 aliphatic rings. The number of amides is 2. The molecule has 162 valence electrons. The van der Waals surface area contributed by atoms with Gasteiger partial charge < -0.3 is 9.80 Å².